The van der Waals surface area contributed by atoms with Crippen molar-refractivity contribution >= 4 is 5.69 Å². The normalized spacial score (nSPS) is 22.7. The first kappa shape index (κ1) is 10.9. The summed E-state index contributed by atoms with van der Waals surface area (Å²) in [6, 6.07) is 4.29. The summed E-state index contributed by atoms with van der Waals surface area (Å²) in [4.78, 5) is 0. The van der Waals surface area contributed by atoms with E-state index >= 15 is 0 Å². The van der Waals surface area contributed by atoms with E-state index < -0.39 is 0 Å². The summed E-state index contributed by atoms with van der Waals surface area (Å²) < 4.78 is 6.06. The van der Waals surface area contributed by atoms with Crippen LogP contribution < -0.4 is 20.5 Å². The van der Waals surface area contributed by atoms with Gasteiger partial charge in [0, 0.05) is 32.2 Å². The van der Waals surface area contributed by atoms with Crippen LogP contribution in [0.15, 0.2) is 12.1 Å². The second-order valence-corrected chi connectivity index (χ2v) is 4.72. The Morgan fingerprint density at radius 1 is 1.41 bits per heavy atom. The fourth-order valence-corrected chi connectivity index (χ4v) is 2.60. The number of anilines is 1. The fourth-order valence-electron chi connectivity index (χ4n) is 2.60. The van der Waals surface area contributed by atoms with E-state index in [0.717, 1.165) is 31.8 Å². The van der Waals surface area contributed by atoms with Gasteiger partial charge in [-0.1, -0.05) is 13.0 Å². The fraction of sp³-hybridized carbons (Fsp3) is 0.538. The Kier molecular flexibility index (Phi) is 2.68. The molecule has 17 heavy (non-hydrogen) atoms. The lowest BCUT2D eigenvalue weighted by atomic mass is 10.1. The topological polar surface area (TPSA) is 36.5 Å². The zero-order chi connectivity index (χ0) is 11.8. The number of fused-ring (bicyclic) bond motifs is 3. The number of ether oxygens (including phenoxy) is 1. The van der Waals surface area contributed by atoms with Gasteiger partial charge >= 0.3 is 0 Å². The molecule has 0 amide bonds. The first-order valence-corrected chi connectivity index (χ1v) is 6.29. The summed E-state index contributed by atoms with van der Waals surface area (Å²) in [5, 5.41) is 5.58. The Morgan fingerprint density at radius 3 is 3.12 bits per heavy atom. The third-order valence-corrected chi connectivity index (χ3v) is 3.59. The Balaban J connectivity index is 2.03. The molecule has 0 fully saturated rings. The van der Waals surface area contributed by atoms with Crippen molar-refractivity contribution < 1.29 is 4.74 Å². The highest BCUT2D eigenvalue weighted by atomic mass is 16.5. The highest BCUT2D eigenvalue weighted by Crippen LogP contribution is 2.36. The number of rotatable bonds is 1. The monoisotopic (exact) mass is 233 g/mol. The van der Waals surface area contributed by atoms with E-state index in [9.17, 15) is 0 Å². The average molecular weight is 233 g/mol. The van der Waals surface area contributed by atoms with Crippen molar-refractivity contribution in [2.75, 3.05) is 18.6 Å². The molecular weight excluding hydrogens is 214 g/mol. The van der Waals surface area contributed by atoms with Gasteiger partial charge in [-0.2, -0.15) is 0 Å². The minimum absolute atomic E-state index is 0.286. The second kappa shape index (κ2) is 4.20. The summed E-state index contributed by atoms with van der Waals surface area (Å²) in [5.41, 5.74) is 7.25. The minimum Gasteiger partial charge on any atom is -0.489 e. The molecule has 0 radical (unpaired) electrons. The standard InChI is InChI=1S/C13H19N3O/c1-3-10-7-14-8-11-12(17-10)5-4-9-6-15-16(2)13(9)11/h4-5,10,14-15H,3,6-8H2,1-2H3/t10-/m1/s1. The number of hydrogen-bond donors (Lipinski definition) is 2. The molecular formula is C13H19N3O. The molecule has 0 aromatic heterocycles. The molecule has 4 heteroatoms. The van der Waals surface area contributed by atoms with Crippen LogP contribution in [0.25, 0.3) is 0 Å². The van der Waals surface area contributed by atoms with Crippen molar-refractivity contribution in [3.8, 4) is 5.75 Å². The lowest BCUT2D eigenvalue weighted by Crippen LogP contribution is -2.28. The van der Waals surface area contributed by atoms with Gasteiger partial charge in [0.15, 0.2) is 0 Å². The molecule has 2 N–H and O–H groups in total. The Labute approximate surface area is 102 Å². The van der Waals surface area contributed by atoms with Crippen LogP contribution in [0.1, 0.15) is 24.5 Å². The predicted molar refractivity (Wildman–Crippen MR) is 68.1 cm³/mol. The second-order valence-electron chi connectivity index (χ2n) is 4.72. The van der Waals surface area contributed by atoms with Gasteiger partial charge in [0.2, 0.25) is 0 Å². The van der Waals surface area contributed by atoms with E-state index in [4.69, 9.17) is 4.74 Å². The van der Waals surface area contributed by atoms with Crippen LogP contribution in [0.2, 0.25) is 0 Å². The molecule has 2 aliphatic rings. The van der Waals surface area contributed by atoms with E-state index in [2.05, 4.69) is 41.9 Å². The summed E-state index contributed by atoms with van der Waals surface area (Å²) >= 11 is 0. The van der Waals surface area contributed by atoms with Crippen LogP contribution in [0.3, 0.4) is 0 Å². The molecule has 0 spiro atoms. The zero-order valence-corrected chi connectivity index (χ0v) is 10.4. The van der Waals surface area contributed by atoms with Gasteiger partial charge < -0.3 is 15.1 Å². The third-order valence-electron chi connectivity index (χ3n) is 3.59. The number of hydrogen-bond acceptors (Lipinski definition) is 4. The van der Waals surface area contributed by atoms with Crippen LogP contribution in [0, 0.1) is 0 Å². The molecule has 0 aliphatic carbocycles. The summed E-state index contributed by atoms with van der Waals surface area (Å²) in [6.07, 6.45) is 1.33. The van der Waals surface area contributed by atoms with Crippen molar-refractivity contribution in [2.45, 2.75) is 32.5 Å². The molecule has 1 aromatic carbocycles. The van der Waals surface area contributed by atoms with Crippen molar-refractivity contribution in [3.05, 3.63) is 23.3 Å². The van der Waals surface area contributed by atoms with Gasteiger partial charge in [0.1, 0.15) is 11.9 Å². The number of nitrogens with zero attached hydrogens (tertiary/aromatic N) is 1. The lowest BCUT2D eigenvalue weighted by molar-refractivity contribution is 0.202. The molecule has 1 aromatic rings. The molecule has 3 rings (SSSR count). The summed E-state index contributed by atoms with van der Waals surface area (Å²) in [5.74, 6) is 1.04. The van der Waals surface area contributed by atoms with E-state index in [1.165, 1.54) is 16.8 Å². The Bertz CT molecular complexity index is 433. The van der Waals surface area contributed by atoms with Crippen LogP contribution in [0.5, 0.6) is 5.75 Å². The number of hydrazine groups is 1. The van der Waals surface area contributed by atoms with E-state index in [1.54, 1.807) is 0 Å². The third kappa shape index (κ3) is 1.77. The van der Waals surface area contributed by atoms with Crippen molar-refractivity contribution in [1.29, 1.82) is 0 Å². The van der Waals surface area contributed by atoms with Gasteiger partial charge in [-0.05, 0) is 18.1 Å². The molecule has 4 nitrogen and oxygen atoms in total. The van der Waals surface area contributed by atoms with Gasteiger partial charge in [-0.3, -0.25) is 0 Å². The lowest BCUT2D eigenvalue weighted by Gasteiger charge is -2.19. The van der Waals surface area contributed by atoms with Gasteiger partial charge in [0.25, 0.3) is 0 Å². The van der Waals surface area contributed by atoms with Gasteiger partial charge in [0.05, 0.1) is 5.69 Å². The van der Waals surface area contributed by atoms with E-state index in [-0.39, 0.29) is 6.10 Å². The molecule has 0 unspecified atom stereocenters. The Morgan fingerprint density at radius 2 is 2.29 bits per heavy atom. The van der Waals surface area contributed by atoms with Crippen LogP contribution in [0.4, 0.5) is 5.69 Å². The Hall–Kier alpha value is -1.26. The van der Waals surface area contributed by atoms with E-state index in [1.807, 2.05) is 0 Å². The highest BCUT2D eigenvalue weighted by molar-refractivity contribution is 5.66. The quantitative estimate of drug-likeness (QED) is 0.769. The molecule has 0 bridgehead atoms. The molecule has 0 saturated heterocycles. The van der Waals surface area contributed by atoms with Crippen LogP contribution in [-0.4, -0.2) is 19.7 Å². The zero-order valence-electron chi connectivity index (χ0n) is 10.4. The molecule has 92 valence electrons. The summed E-state index contributed by atoms with van der Waals surface area (Å²) in [7, 11) is 2.06. The first-order valence-electron chi connectivity index (χ1n) is 6.29. The average Bonchev–Trinajstić information content (AvgIpc) is 2.61. The molecule has 1 atom stereocenters. The van der Waals surface area contributed by atoms with Gasteiger partial charge in [-0.15, -0.1) is 0 Å². The van der Waals surface area contributed by atoms with Crippen molar-refractivity contribution in [3.63, 3.8) is 0 Å². The largest absolute Gasteiger partial charge is 0.489 e. The van der Waals surface area contributed by atoms with Crippen molar-refractivity contribution in [1.82, 2.24) is 10.7 Å². The highest BCUT2D eigenvalue weighted by Gasteiger charge is 2.25. The van der Waals surface area contributed by atoms with Crippen LogP contribution >= 0.6 is 0 Å². The maximum Gasteiger partial charge on any atom is 0.126 e. The summed E-state index contributed by atoms with van der Waals surface area (Å²) in [6.45, 7) is 4.90. The predicted octanol–water partition coefficient (Wildman–Crippen LogP) is 1.40. The van der Waals surface area contributed by atoms with Crippen LogP contribution in [-0.2, 0) is 13.1 Å². The van der Waals surface area contributed by atoms with Crippen molar-refractivity contribution in [2.24, 2.45) is 0 Å². The smallest absolute Gasteiger partial charge is 0.126 e. The molecule has 2 aliphatic heterocycles. The molecule has 2 heterocycles. The maximum absolute atomic E-state index is 6.06. The number of nitrogens with one attached hydrogen (secondary N) is 2. The first-order chi connectivity index (χ1) is 8.29. The van der Waals surface area contributed by atoms with Gasteiger partial charge in [-0.25, -0.2) is 5.43 Å². The minimum atomic E-state index is 0.286. The maximum atomic E-state index is 6.06. The molecule has 0 saturated carbocycles. The van der Waals surface area contributed by atoms with E-state index in [0.29, 0.717) is 0 Å². The SMILES string of the molecule is CC[C@@H]1CNCc2c(ccc3c2N(C)NC3)O1. The number of benzene rings is 1.